The van der Waals surface area contributed by atoms with Gasteiger partial charge in [-0.25, -0.2) is 4.79 Å². The Balaban J connectivity index is 2.13. The van der Waals surface area contributed by atoms with Crippen molar-refractivity contribution < 1.29 is 9.52 Å². The minimum absolute atomic E-state index is 0.102. The third kappa shape index (κ3) is 2.77. The minimum Gasteiger partial charge on any atom is -0.506 e. The molecule has 0 spiro atoms. The van der Waals surface area contributed by atoms with Crippen LogP contribution in [0.4, 0.5) is 0 Å². The van der Waals surface area contributed by atoms with Crippen LogP contribution in [0.1, 0.15) is 5.56 Å². The summed E-state index contributed by atoms with van der Waals surface area (Å²) >= 11 is 7.09. The van der Waals surface area contributed by atoms with Crippen molar-refractivity contribution in [3.05, 3.63) is 63.5 Å². The second kappa shape index (κ2) is 5.47. The molecule has 0 saturated carbocycles. The van der Waals surface area contributed by atoms with E-state index >= 15 is 0 Å². The van der Waals surface area contributed by atoms with E-state index in [9.17, 15) is 9.90 Å². The Morgan fingerprint density at radius 2 is 1.86 bits per heavy atom. The van der Waals surface area contributed by atoms with E-state index in [0.717, 1.165) is 10.5 Å². The van der Waals surface area contributed by atoms with Crippen molar-refractivity contribution in [1.29, 1.82) is 0 Å². The van der Waals surface area contributed by atoms with Crippen LogP contribution in [0.25, 0.3) is 11.0 Å². The summed E-state index contributed by atoms with van der Waals surface area (Å²) in [6, 6.07) is 12.4. The predicted molar refractivity (Wildman–Crippen MR) is 84.5 cm³/mol. The van der Waals surface area contributed by atoms with Gasteiger partial charge < -0.3 is 9.52 Å². The molecule has 0 atom stereocenters. The Bertz CT molecular complexity index is 869. The van der Waals surface area contributed by atoms with Crippen LogP contribution in [-0.4, -0.2) is 5.11 Å². The van der Waals surface area contributed by atoms with Gasteiger partial charge in [0.15, 0.2) is 0 Å². The molecule has 0 saturated heterocycles. The first-order chi connectivity index (χ1) is 10.0. The Labute approximate surface area is 130 Å². The molecule has 2 aromatic carbocycles. The second-order valence-electron chi connectivity index (χ2n) is 4.62. The maximum absolute atomic E-state index is 12.0. The second-order valence-corrected chi connectivity index (χ2v) is 6.14. The molecule has 3 rings (SSSR count). The third-order valence-corrected chi connectivity index (χ3v) is 4.35. The van der Waals surface area contributed by atoms with Crippen LogP contribution < -0.4 is 5.63 Å². The van der Waals surface area contributed by atoms with Gasteiger partial charge in [0.1, 0.15) is 16.2 Å². The molecule has 0 amide bonds. The van der Waals surface area contributed by atoms with Crippen molar-refractivity contribution in [3.63, 3.8) is 0 Å². The molecular weight excluding hydrogens is 308 g/mol. The van der Waals surface area contributed by atoms with Crippen molar-refractivity contribution in [3.8, 4) is 5.75 Å². The Morgan fingerprint density at radius 1 is 1.14 bits per heavy atom. The van der Waals surface area contributed by atoms with Gasteiger partial charge in [-0.15, -0.1) is 0 Å². The zero-order chi connectivity index (χ0) is 15.0. The SMILES string of the molecule is Cc1ccc(Sc2c(O)c3cc(Cl)ccc3oc2=O)cc1. The largest absolute Gasteiger partial charge is 0.506 e. The molecule has 21 heavy (non-hydrogen) atoms. The first kappa shape index (κ1) is 14.0. The van der Waals surface area contributed by atoms with Crippen LogP contribution in [0.15, 0.2) is 61.5 Å². The topological polar surface area (TPSA) is 50.4 Å². The van der Waals surface area contributed by atoms with E-state index in [1.807, 2.05) is 31.2 Å². The van der Waals surface area contributed by atoms with Gasteiger partial charge in [-0.05, 0) is 37.3 Å². The zero-order valence-electron chi connectivity index (χ0n) is 11.1. The van der Waals surface area contributed by atoms with Gasteiger partial charge in [-0.1, -0.05) is 41.1 Å². The van der Waals surface area contributed by atoms with Crippen molar-refractivity contribution in [2.24, 2.45) is 0 Å². The number of hydrogen-bond acceptors (Lipinski definition) is 4. The number of rotatable bonds is 2. The number of halogens is 1. The molecule has 0 fully saturated rings. The molecule has 3 nitrogen and oxygen atoms in total. The summed E-state index contributed by atoms with van der Waals surface area (Å²) in [5.74, 6) is -0.102. The minimum atomic E-state index is -0.562. The molecule has 3 aromatic rings. The van der Waals surface area contributed by atoms with Crippen LogP contribution in [0, 0.1) is 6.92 Å². The smallest absolute Gasteiger partial charge is 0.354 e. The first-order valence-electron chi connectivity index (χ1n) is 6.24. The highest BCUT2D eigenvalue weighted by molar-refractivity contribution is 7.99. The van der Waals surface area contributed by atoms with Gasteiger partial charge in [-0.3, -0.25) is 0 Å². The summed E-state index contributed by atoms with van der Waals surface area (Å²) in [4.78, 5) is 13.0. The van der Waals surface area contributed by atoms with Crippen molar-refractivity contribution >= 4 is 34.3 Å². The van der Waals surface area contributed by atoms with Gasteiger partial charge in [0.05, 0.1) is 5.39 Å². The Hall–Kier alpha value is -1.91. The third-order valence-electron chi connectivity index (χ3n) is 3.04. The fourth-order valence-corrected chi connectivity index (χ4v) is 2.97. The molecule has 106 valence electrons. The molecule has 5 heteroatoms. The van der Waals surface area contributed by atoms with Gasteiger partial charge >= 0.3 is 5.63 Å². The highest BCUT2D eigenvalue weighted by Gasteiger charge is 2.15. The normalized spacial score (nSPS) is 11.0. The Morgan fingerprint density at radius 3 is 2.57 bits per heavy atom. The molecule has 0 radical (unpaired) electrons. The Kier molecular flexibility index (Phi) is 3.66. The number of hydrogen-bond donors (Lipinski definition) is 1. The van der Waals surface area contributed by atoms with Crippen LogP contribution >= 0.6 is 23.4 Å². The van der Waals surface area contributed by atoms with Crippen LogP contribution in [-0.2, 0) is 0 Å². The maximum atomic E-state index is 12.0. The van der Waals surface area contributed by atoms with Crippen molar-refractivity contribution in [2.75, 3.05) is 0 Å². The van der Waals surface area contributed by atoms with E-state index < -0.39 is 5.63 Å². The van der Waals surface area contributed by atoms with Crippen molar-refractivity contribution in [2.45, 2.75) is 16.7 Å². The quantitative estimate of drug-likeness (QED) is 0.701. The van der Waals surface area contributed by atoms with Crippen LogP contribution in [0.5, 0.6) is 5.75 Å². The predicted octanol–water partition coefficient (Wildman–Crippen LogP) is 4.61. The molecule has 0 bridgehead atoms. The number of benzene rings is 2. The van der Waals surface area contributed by atoms with Gasteiger partial charge in [-0.2, -0.15) is 0 Å². The molecule has 1 aromatic heterocycles. The summed E-state index contributed by atoms with van der Waals surface area (Å²) in [7, 11) is 0. The van der Waals surface area contributed by atoms with Crippen LogP contribution in [0.2, 0.25) is 5.02 Å². The molecule has 0 aliphatic heterocycles. The summed E-state index contributed by atoms with van der Waals surface area (Å²) in [6.07, 6.45) is 0. The highest BCUT2D eigenvalue weighted by atomic mass is 35.5. The highest BCUT2D eigenvalue weighted by Crippen LogP contribution is 2.37. The lowest BCUT2D eigenvalue weighted by Crippen LogP contribution is -2.02. The number of fused-ring (bicyclic) bond motifs is 1. The van der Waals surface area contributed by atoms with E-state index in [1.54, 1.807) is 18.2 Å². The maximum Gasteiger partial charge on any atom is 0.354 e. The molecule has 0 aliphatic rings. The number of aromatic hydroxyl groups is 1. The van der Waals surface area contributed by atoms with Gasteiger partial charge in [0.2, 0.25) is 0 Å². The van der Waals surface area contributed by atoms with Crippen molar-refractivity contribution in [1.82, 2.24) is 0 Å². The summed E-state index contributed by atoms with van der Waals surface area (Å²) in [6.45, 7) is 1.98. The average Bonchev–Trinajstić information content (AvgIpc) is 2.46. The van der Waals surface area contributed by atoms with E-state index in [0.29, 0.717) is 16.0 Å². The summed E-state index contributed by atoms with van der Waals surface area (Å²) in [5, 5.41) is 11.2. The fourth-order valence-electron chi connectivity index (χ4n) is 1.96. The molecule has 0 unspecified atom stereocenters. The molecule has 1 N–H and O–H groups in total. The first-order valence-corrected chi connectivity index (χ1v) is 7.44. The molecule has 0 aliphatic carbocycles. The van der Waals surface area contributed by atoms with Gasteiger partial charge in [0, 0.05) is 9.92 Å². The number of aryl methyl sites for hydroxylation is 1. The lowest BCUT2D eigenvalue weighted by molar-refractivity contribution is 0.447. The van der Waals surface area contributed by atoms with Gasteiger partial charge in [0.25, 0.3) is 0 Å². The van der Waals surface area contributed by atoms with E-state index in [4.69, 9.17) is 16.0 Å². The lowest BCUT2D eigenvalue weighted by atomic mass is 10.2. The monoisotopic (exact) mass is 318 g/mol. The lowest BCUT2D eigenvalue weighted by Gasteiger charge is -2.06. The molecule has 1 heterocycles. The van der Waals surface area contributed by atoms with Crippen LogP contribution in [0.3, 0.4) is 0 Å². The summed E-state index contributed by atoms with van der Waals surface area (Å²) in [5.41, 5.74) is 0.879. The van der Waals surface area contributed by atoms with E-state index in [1.165, 1.54) is 11.8 Å². The average molecular weight is 319 g/mol. The summed E-state index contributed by atoms with van der Waals surface area (Å²) < 4.78 is 5.23. The zero-order valence-corrected chi connectivity index (χ0v) is 12.7. The fraction of sp³-hybridized carbons (Fsp3) is 0.0625. The van der Waals surface area contributed by atoms with E-state index in [-0.39, 0.29) is 10.6 Å². The van der Waals surface area contributed by atoms with E-state index in [2.05, 4.69) is 0 Å². The standard InChI is InChI=1S/C16H11ClO3S/c1-9-2-5-11(6-3-9)21-15-14(18)12-8-10(17)4-7-13(12)20-16(15)19/h2-8,18H,1H3. The molecular formula is C16H11ClO3S.